The lowest BCUT2D eigenvalue weighted by atomic mass is 10.2. The third-order valence-corrected chi connectivity index (χ3v) is 3.72. The molecule has 0 aromatic heterocycles. The Morgan fingerprint density at radius 2 is 2.20 bits per heavy atom. The summed E-state index contributed by atoms with van der Waals surface area (Å²) in [6.07, 6.45) is 2.32. The molecule has 0 spiro atoms. The average molecular weight is 318 g/mol. The lowest BCUT2D eigenvalue weighted by Crippen LogP contribution is -2.23. The van der Waals surface area contributed by atoms with E-state index in [1.807, 2.05) is 6.07 Å². The Morgan fingerprint density at radius 1 is 1.40 bits per heavy atom. The van der Waals surface area contributed by atoms with Gasteiger partial charge in [0.2, 0.25) is 0 Å². The molecule has 1 atom stereocenters. The Hall–Kier alpha value is -0.480. The zero-order chi connectivity index (χ0) is 14.5. The number of halogens is 2. The van der Waals surface area contributed by atoms with Crippen molar-refractivity contribution in [1.29, 1.82) is 0 Å². The Bertz CT molecular complexity index is 446. The molecule has 1 unspecified atom stereocenters. The first kappa shape index (κ1) is 15.9. The summed E-state index contributed by atoms with van der Waals surface area (Å²) in [5, 5.41) is 4.53. The van der Waals surface area contributed by atoms with E-state index in [1.165, 1.54) is 0 Å². The zero-order valence-electron chi connectivity index (χ0n) is 11.9. The fourth-order valence-electron chi connectivity index (χ4n) is 2.17. The molecule has 20 heavy (non-hydrogen) atoms. The predicted molar refractivity (Wildman–Crippen MR) is 82.9 cm³/mol. The van der Waals surface area contributed by atoms with Crippen LogP contribution >= 0.6 is 23.2 Å². The van der Waals surface area contributed by atoms with Gasteiger partial charge in [-0.25, -0.2) is 0 Å². The van der Waals surface area contributed by atoms with Crippen molar-refractivity contribution in [2.75, 3.05) is 13.2 Å². The van der Waals surface area contributed by atoms with Gasteiger partial charge in [-0.3, -0.25) is 0 Å². The summed E-state index contributed by atoms with van der Waals surface area (Å²) in [5.41, 5.74) is 0.981. The van der Waals surface area contributed by atoms with Crippen molar-refractivity contribution in [3.63, 3.8) is 0 Å². The van der Waals surface area contributed by atoms with Gasteiger partial charge in [-0.2, -0.15) is 0 Å². The Kier molecular flexibility index (Phi) is 5.97. The number of rotatable bonds is 6. The van der Waals surface area contributed by atoms with Gasteiger partial charge in [-0.15, -0.1) is 0 Å². The monoisotopic (exact) mass is 317 g/mol. The van der Waals surface area contributed by atoms with E-state index in [0.29, 0.717) is 35.0 Å². The van der Waals surface area contributed by atoms with Crippen molar-refractivity contribution >= 4 is 23.2 Å². The second-order valence-electron chi connectivity index (χ2n) is 5.36. The van der Waals surface area contributed by atoms with Crippen LogP contribution in [-0.2, 0) is 11.3 Å². The normalized spacial score (nSPS) is 18.8. The molecular weight excluding hydrogens is 297 g/mol. The molecule has 0 aliphatic carbocycles. The van der Waals surface area contributed by atoms with Crippen LogP contribution in [0.15, 0.2) is 12.1 Å². The average Bonchev–Trinajstić information content (AvgIpc) is 2.88. The van der Waals surface area contributed by atoms with Gasteiger partial charge in [0.25, 0.3) is 0 Å². The van der Waals surface area contributed by atoms with E-state index in [2.05, 4.69) is 19.2 Å². The molecule has 3 nitrogen and oxygen atoms in total. The number of hydrogen-bond acceptors (Lipinski definition) is 3. The first-order valence-corrected chi connectivity index (χ1v) is 7.77. The molecule has 5 heteroatoms. The van der Waals surface area contributed by atoms with Crippen LogP contribution in [0.5, 0.6) is 5.75 Å². The van der Waals surface area contributed by atoms with Crippen LogP contribution in [-0.4, -0.2) is 25.4 Å². The van der Waals surface area contributed by atoms with E-state index in [4.69, 9.17) is 32.7 Å². The fraction of sp³-hybridized carbons (Fsp3) is 0.600. The van der Waals surface area contributed by atoms with E-state index in [9.17, 15) is 0 Å². The summed E-state index contributed by atoms with van der Waals surface area (Å²) in [6, 6.07) is 4.00. The maximum Gasteiger partial charge on any atom is 0.142 e. The van der Waals surface area contributed by atoms with Gasteiger partial charge in [-0.05, 0) is 25.0 Å². The van der Waals surface area contributed by atoms with E-state index >= 15 is 0 Å². The third kappa shape index (κ3) is 4.52. The number of benzene rings is 1. The molecule has 0 radical (unpaired) electrons. The molecule has 1 aliphatic rings. The topological polar surface area (TPSA) is 30.5 Å². The predicted octanol–water partition coefficient (Wildman–Crippen LogP) is 4.05. The second kappa shape index (κ2) is 7.51. The molecule has 1 aromatic carbocycles. The summed E-state index contributed by atoms with van der Waals surface area (Å²) in [4.78, 5) is 0. The highest BCUT2D eigenvalue weighted by Gasteiger charge is 2.18. The summed E-state index contributed by atoms with van der Waals surface area (Å²) >= 11 is 12.3. The standard InChI is InChI=1S/C15H21Cl2NO2/c1-10(2)18-8-11-6-12(16)7-14(17)15(11)20-9-13-4-3-5-19-13/h6-7,10,13,18H,3-5,8-9H2,1-2H3. The third-order valence-electron chi connectivity index (χ3n) is 3.22. The largest absolute Gasteiger partial charge is 0.489 e. The quantitative estimate of drug-likeness (QED) is 0.858. The van der Waals surface area contributed by atoms with Crippen LogP contribution in [0.4, 0.5) is 0 Å². The van der Waals surface area contributed by atoms with Gasteiger partial charge in [0.1, 0.15) is 12.4 Å². The highest BCUT2D eigenvalue weighted by atomic mass is 35.5. The van der Waals surface area contributed by atoms with Gasteiger partial charge in [0, 0.05) is 29.8 Å². The number of hydrogen-bond donors (Lipinski definition) is 1. The highest BCUT2D eigenvalue weighted by molar-refractivity contribution is 6.35. The minimum absolute atomic E-state index is 0.174. The molecule has 1 heterocycles. The van der Waals surface area contributed by atoms with Crippen molar-refractivity contribution < 1.29 is 9.47 Å². The number of ether oxygens (including phenoxy) is 2. The fourth-order valence-corrected chi connectivity index (χ4v) is 2.76. The zero-order valence-corrected chi connectivity index (χ0v) is 13.4. The van der Waals surface area contributed by atoms with Crippen LogP contribution in [0.1, 0.15) is 32.3 Å². The molecule has 0 amide bonds. The Balaban J connectivity index is 2.07. The smallest absolute Gasteiger partial charge is 0.142 e. The molecule has 1 aliphatic heterocycles. The first-order valence-electron chi connectivity index (χ1n) is 7.02. The molecule has 0 saturated carbocycles. The Morgan fingerprint density at radius 3 is 2.85 bits per heavy atom. The van der Waals surface area contributed by atoms with Crippen molar-refractivity contribution in [2.24, 2.45) is 0 Å². The van der Waals surface area contributed by atoms with Gasteiger partial charge >= 0.3 is 0 Å². The lowest BCUT2D eigenvalue weighted by molar-refractivity contribution is 0.0676. The maximum atomic E-state index is 6.26. The molecule has 1 N–H and O–H groups in total. The summed E-state index contributed by atoms with van der Waals surface area (Å²) < 4.78 is 11.5. The molecule has 112 valence electrons. The van der Waals surface area contributed by atoms with E-state index in [1.54, 1.807) is 6.07 Å². The van der Waals surface area contributed by atoms with Crippen molar-refractivity contribution in [2.45, 2.75) is 45.4 Å². The first-order chi connectivity index (χ1) is 9.56. The number of nitrogens with one attached hydrogen (secondary N) is 1. The summed E-state index contributed by atoms with van der Waals surface area (Å²) in [7, 11) is 0. The van der Waals surface area contributed by atoms with Crippen LogP contribution < -0.4 is 10.1 Å². The van der Waals surface area contributed by atoms with Crippen molar-refractivity contribution in [3.8, 4) is 5.75 Å². The van der Waals surface area contributed by atoms with Gasteiger partial charge in [0.15, 0.2) is 0 Å². The van der Waals surface area contributed by atoms with Crippen LogP contribution in [0.25, 0.3) is 0 Å². The second-order valence-corrected chi connectivity index (χ2v) is 6.20. The Labute approximate surface area is 130 Å². The summed E-state index contributed by atoms with van der Waals surface area (Å²) in [6.45, 7) is 6.23. The molecular formula is C15H21Cl2NO2. The minimum Gasteiger partial charge on any atom is -0.489 e. The van der Waals surface area contributed by atoms with Gasteiger partial charge < -0.3 is 14.8 Å². The molecule has 1 fully saturated rings. The van der Waals surface area contributed by atoms with E-state index < -0.39 is 0 Å². The van der Waals surface area contributed by atoms with Crippen LogP contribution in [0.2, 0.25) is 10.0 Å². The van der Waals surface area contributed by atoms with E-state index in [-0.39, 0.29) is 6.10 Å². The van der Waals surface area contributed by atoms with E-state index in [0.717, 1.165) is 25.0 Å². The van der Waals surface area contributed by atoms with Crippen molar-refractivity contribution in [3.05, 3.63) is 27.7 Å². The SMILES string of the molecule is CC(C)NCc1cc(Cl)cc(Cl)c1OCC1CCCO1. The molecule has 0 bridgehead atoms. The summed E-state index contributed by atoms with van der Waals surface area (Å²) in [5.74, 6) is 0.708. The maximum absolute atomic E-state index is 6.26. The van der Waals surface area contributed by atoms with Crippen LogP contribution in [0, 0.1) is 0 Å². The molecule has 2 rings (SSSR count). The lowest BCUT2D eigenvalue weighted by Gasteiger charge is -2.17. The van der Waals surface area contributed by atoms with Crippen LogP contribution in [0.3, 0.4) is 0 Å². The molecule has 1 saturated heterocycles. The highest BCUT2D eigenvalue weighted by Crippen LogP contribution is 2.33. The van der Waals surface area contributed by atoms with Gasteiger partial charge in [0.05, 0.1) is 11.1 Å². The van der Waals surface area contributed by atoms with Gasteiger partial charge in [-0.1, -0.05) is 37.0 Å². The minimum atomic E-state index is 0.174. The van der Waals surface area contributed by atoms with Crippen molar-refractivity contribution in [1.82, 2.24) is 5.32 Å². The molecule has 1 aromatic rings.